The van der Waals surface area contributed by atoms with E-state index in [4.69, 9.17) is 4.42 Å². The minimum atomic E-state index is -0.246. The van der Waals surface area contributed by atoms with Crippen LogP contribution in [0.1, 0.15) is 37.0 Å². The number of fused-ring (bicyclic) bond motifs is 1. The van der Waals surface area contributed by atoms with Crippen LogP contribution in [0.15, 0.2) is 27.4 Å². The van der Waals surface area contributed by atoms with E-state index < -0.39 is 0 Å². The van der Waals surface area contributed by atoms with Gasteiger partial charge in [-0.2, -0.15) is 0 Å². The van der Waals surface area contributed by atoms with Crippen LogP contribution in [0.3, 0.4) is 0 Å². The van der Waals surface area contributed by atoms with Crippen molar-refractivity contribution in [2.45, 2.75) is 40.7 Å². The molecule has 22 heavy (non-hydrogen) atoms. The lowest BCUT2D eigenvalue weighted by Gasteiger charge is -2.35. The molecule has 2 aromatic rings. The third-order valence-electron chi connectivity index (χ3n) is 4.78. The Morgan fingerprint density at radius 3 is 2.41 bits per heavy atom. The van der Waals surface area contributed by atoms with Crippen LogP contribution in [0.4, 0.5) is 0 Å². The van der Waals surface area contributed by atoms with Gasteiger partial charge in [-0.1, -0.05) is 13.8 Å². The van der Waals surface area contributed by atoms with Gasteiger partial charge in [-0.05, 0) is 60.9 Å². The Kier molecular flexibility index (Phi) is 4.09. The molecule has 3 nitrogen and oxygen atoms in total. The summed E-state index contributed by atoms with van der Waals surface area (Å²) in [5.41, 5.74) is 3.96. The number of aryl methyl sites for hydroxylation is 2. The molecule has 0 aliphatic carbocycles. The molecule has 118 valence electrons. The van der Waals surface area contributed by atoms with Crippen LogP contribution < -0.4 is 5.63 Å². The molecular weight excluding hydrogens is 274 g/mol. The number of likely N-dealkylation sites (tertiary alicyclic amines) is 1. The Labute approximate surface area is 131 Å². The Balaban J connectivity index is 1.99. The summed E-state index contributed by atoms with van der Waals surface area (Å²) in [6.07, 6.45) is 1.30. The van der Waals surface area contributed by atoms with E-state index in [1.54, 1.807) is 6.07 Å². The third kappa shape index (κ3) is 3.09. The first-order valence-corrected chi connectivity index (χ1v) is 8.18. The summed E-state index contributed by atoms with van der Waals surface area (Å²) in [6, 6.07) is 5.80. The minimum Gasteiger partial charge on any atom is -0.423 e. The molecule has 1 aromatic carbocycles. The van der Waals surface area contributed by atoms with Gasteiger partial charge in [0, 0.05) is 31.1 Å². The molecule has 2 atom stereocenters. The molecule has 0 saturated carbocycles. The van der Waals surface area contributed by atoms with E-state index in [-0.39, 0.29) is 5.63 Å². The second-order valence-corrected chi connectivity index (χ2v) is 7.16. The van der Waals surface area contributed by atoms with E-state index >= 15 is 0 Å². The van der Waals surface area contributed by atoms with Crippen molar-refractivity contribution in [3.05, 3.63) is 45.3 Å². The largest absolute Gasteiger partial charge is 0.423 e. The molecule has 2 unspecified atom stereocenters. The molecule has 3 rings (SSSR count). The summed E-state index contributed by atoms with van der Waals surface area (Å²) in [6.45, 7) is 11.8. The van der Waals surface area contributed by atoms with Crippen LogP contribution in [0.5, 0.6) is 0 Å². The second kappa shape index (κ2) is 5.88. The first-order chi connectivity index (χ1) is 10.4. The molecule has 0 bridgehead atoms. The summed E-state index contributed by atoms with van der Waals surface area (Å²) >= 11 is 0. The molecule has 1 aliphatic rings. The van der Waals surface area contributed by atoms with Crippen LogP contribution in [-0.2, 0) is 6.54 Å². The predicted molar refractivity (Wildman–Crippen MR) is 90.2 cm³/mol. The van der Waals surface area contributed by atoms with Crippen molar-refractivity contribution in [1.82, 2.24) is 4.90 Å². The zero-order valence-electron chi connectivity index (χ0n) is 14.0. The van der Waals surface area contributed by atoms with Crippen LogP contribution in [0.2, 0.25) is 0 Å². The summed E-state index contributed by atoms with van der Waals surface area (Å²) in [5, 5.41) is 1.08. The van der Waals surface area contributed by atoms with Crippen molar-refractivity contribution in [3.8, 4) is 0 Å². The highest BCUT2D eigenvalue weighted by molar-refractivity contribution is 5.81. The molecule has 3 heteroatoms. The Morgan fingerprint density at radius 1 is 1.09 bits per heavy atom. The van der Waals surface area contributed by atoms with Crippen molar-refractivity contribution in [1.29, 1.82) is 0 Å². The molecule has 1 aromatic heterocycles. The molecule has 1 saturated heterocycles. The second-order valence-electron chi connectivity index (χ2n) is 7.16. The molecule has 2 heterocycles. The first kappa shape index (κ1) is 15.3. The quantitative estimate of drug-likeness (QED) is 0.789. The average Bonchev–Trinajstić information content (AvgIpc) is 2.39. The number of rotatable bonds is 2. The van der Waals surface area contributed by atoms with Crippen molar-refractivity contribution in [2.75, 3.05) is 13.1 Å². The fraction of sp³-hybridized carbons (Fsp3) is 0.526. The van der Waals surface area contributed by atoms with Crippen molar-refractivity contribution >= 4 is 11.0 Å². The van der Waals surface area contributed by atoms with E-state index in [0.717, 1.165) is 48.0 Å². The smallest absolute Gasteiger partial charge is 0.336 e. The lowest BCUT2D eigenvalue weighted by atomic mass is 9.91. The summed E-state index contributed by atoms with van der Waals surface area (Å²) in [5.74, 6) is 1.44. The van der Waals surface area contributed by atoms with E-state index in [1.807, 2.05) is 6.07 Å². The summed E-state index contributed by atoms with van der Waals surface area (Å²) < 4.78 is 5.40. The predicted octanol–water partition coefficient (Wildman–Crippen LogP) is 3.89. The van der Waals surface area contributed by atoms with Crippen LogP contribution in [0, 0.1) is 25.7 Å². The van der Waals surface area contributed by atoms with E-state index in [2.05, 4.69) is 38.7 Å². The zero-order chi connectivity index (χ0) is 15.9. The maximum atomic E-state index is 11.9. The molecule has 0 radical (unpaired) electrons. The highest BCUT2D eigenvalue weighted by atomic mass is 16.4. The van der Waals surface area contributed by atoms with Gasteiger partial charge in [0.15, 0.2) is 0 Å². The number of hydrogen-bond donors (Lipinski definition) is 0. The molecule has 0 spiro atoms. The first-order valence-electron chi connectivity index (χ1n) is 8.18. The SMILES string of the molecule is Cc1cc2oc(=O)cc(CN3CC(C)CC(C)C3)c2cc1C. The van der Waals surface area contributed by atoms with Crippen LogP contribution in [0.25, 0.3) is 11.0 Å². The molecule has 1 aliphatic heterocycles. The van der Waals surface area contributed by atoms with Gasteiger partial charge in [-0.25, -0.2) is 4.79 Å². The molecule has 0 amide bonds. The molecular formula is C19H25NO2. The zero-order valence-corrected chi connectivity index (χ0v) is 14.0. The fourth-order valence-corrected chi connectivity index (χ4v) is 3.78. The van der Waals surface area contributed by atoms with Gasteiger partial charge in [0.25, 0.3) is 0 Å². The normalized spacial score (nSPS) is 23.1. The van der Waals surface area contributed by atoms with Gasteiger partial charge >= 0.3 is 5.63 Å². The topological polar surface area (TPSA) is 33.5 Å². The van der Waals surface area contributed by atoms with E-state index in [1.165, 1.54) is 12.0 Å². The van der Waals surface area contributed by atoms with Gasteiger partial charge < -0.3 is 4.42 Å². The third-order valence-corrected chi connectivity index (χ3v) is 4.78. The lowest BCUT2D eigenvalue weighted by molar-refractivity contribution is 0.134. The maximum absolute atomic E-state index is 11.9. The van der Waals surface area contributed by atoms with Crippen LogP contribution in [-0.4, -0.2) is 18.0 Å². The van der Waals surface area contributed by atoms with Gasteiger partial charge in [0.1, 0.15) is 5.58 Å². The van der Waals surface area contributed by atoms with Crippen LogP contribution >= 0.6 is 0 Å². The Hall–Kier alpha value is -1.61. The summed E-state index contributed by atoms with van der Waals surface area (Å²) in [4.78, 5) is 14.4. The van der Waals surface area contributed by atoms with Crippen molar-refractivity contribution in [3.63, 3.8) is 0 Å². The highest BCUT2D eigenvalue weighted by Gasteiger charge is 2.22. The Morgan fingerprint density at radius 2 is 1.73 bits per heavy atom. The number of piperidine rings is 1. The number of nitrogens with zero attached hydrogens (tertiary/aromatic N) is 1. The number of hydrogen-bond acceptors (Lipinski definition) is 3. The maximum Gasteiger partial charge on any atom is 0.336 e. The Bertz CT molecular complexity index is 737. The number of benzene rings is 1. The fourth-order valence-electron chi connectivity index (χ4n) is 3.78. The monoisotopic (exact) mass is 299 g/mol. The lowest BCUT2D eigenvalue weighted by Crippen LogP contribution is -2.38. The minimum absolute atomic E-state index is 0.246. The van der Waals surface area contributed by atoms with E-state index in [0.29, 0.717) is 5.58 Å². The standard InChI is InChI=1S/C19H25NO2/c1-12-5-13(2)10-20(9-12)11-16-8-19(21)22-18-7-15(4)14(3)6-17(16)18/h6-8,12-13H,5,9-11H2,1-4H3. The van der Waals surface area contributed by atoms with Gasteiger partial charge in [-0.3, -0.25) is 4.90 Å². The van der Waals surface area contributed by atoms with Crippen molar-refractivity contribution in [2.24, 2.45) is 11.8 Å². The van der Waals surface area contributed by atoms with E-state index in [9.17, 15) is 4.79 Å². The average molecular weight is 299 g/mol. The van der Waals surface area contributed by atoms with Gasteiger partial charge in [0.05, 0.1) is 0 Å². The summed E-state index contributed by atoms with van der Waals surface area (Å²) in [7, 11) is 0. The van der Waals surface area contributed by atoms with Gasteiger partial charge in [-0.15, -0.1) is 0 Å². The van der Waals surface area contributed by atoms with Crippen molar-refractivity contribution < 1.29 is 4.42 Å². The molecule has 1 fully saturated rings. The molecule has 0 N–H and O–H groups in total. The van der Waals surface area contributed by atoms with Gasteiger partial charge in [0.2, 0.25) is 0 Å². The highest BCUT2D eigenvalue weighted by Crippen LogP contribution is 2.26.